The molecule has 0 radical (unpaired) electrons. The molecule has 2 aromatic rings. The van der Waals surface area contributed by atoms with E-state index in [1.165, 1.54) is 23.0 Å². The zero-order chi connectivity index (χ0) is 12.4. The molecule has 0 aliphatic carbocycles. The minimum atomic E-state index is -0.632. The van der Waals surface area contributed by atoms with Crippen LogP contribution in [0, 0.1) is 15.2 Å². The molecule has 90 valence electrons. The van der Waals surface area contributed by atoms with E-state index in [9.17, 15) is 8.78 Å². The Morgan fingerprint density at radius 3 is 2.41 bits per heavy atom. The topological polar surface area (TPSA) is 43.8 Å². The summed E-state index contributed by atoms with van der Waals surface area (Å²) >= 11 is 2.03. The van der Waals surface area contributed by atoms with Gasteiger partial charge in [0.25, 0.3) is 0 Å². The van der Waals surface area contributed by atoms with E-state index in [1.807, 2.05) is 22.6 Å². The van der Waals surface area contributed by atoms with Crippen LogP contribution in [0.1, 0.15) is 5.56 Å². The van der Waals surface area contributed by atoms with Crippen LogP contribution in [0.15, 0.2) is 24.5 Å². The molecule has 0 aliphatic heterocycles. The quantitative estimate of drug-likeness (QED) is 0.864. The third-order valence-corrected chi connectivity index (χ3v) is 2.85. The molecular formula is C11H10F2IN3. The molecule has 2 rings (SSSR count). The third kappa shape index (κ3) is 2.63. The molecule has 17 heavy (non-hydrogen) atoms. The van der Waals surface area contributed by atoms with Crippen molar-refractivity contribution in [3.05, 3.63) is 45.3 Å². The minimum absolute atomic E-state index is 0.159. The predicted octanol–water partition coefficient (Wildman–Crippen LogP) is 2.26. The molecule has 0 aliphatic rings. The van der Waals surface area contributed by atoms with Gasteiger partial charge in [0.1, 0.15) is 5.69 Å². The van der Waals surface area contributed by atoms with Gasteiger partial charge in [-0.25, -0.2) is 13.5 Å². The summed E-state index contributed by atoms with van der Waals surface area (Å²) in [6, 6.07) is 2.58. The number of halogens is 3. The van der Waals surface area contributed by atoms with Crippen molar-refractivity contribution in [2.24, 2.45) is 5.73 Å². The number of aromatic nitrogens is 2. The standard InChI is InChI=1S/C11H10F2IN3/c12-9-3-7(1-2-15)4-10(13)11(9)17-6-8(14)5-16-17/h3-6H,1-2,15H2. The Balaban J connectivity index is 2.48. The summed E-state index contributed by atoms with van der Waals surface area (Å²) in [4.78, 5) is 0. The molecule has 1 aromatic heterocycles. The highest BCUT2D eigenvalue weighted by Crippen LogP contribution is 2.20. The van der Waals surface area contributed by atoms with Crippen molar-refractivity contribution < 1.29 is 8.78 Å². The van der Waals surface area contributed by atoms with Crippen LogP contribution < -0.4 is 5.73 Å². The summed E-state index contributed by atoms with van der Waals surface area (Å²) in [5.74, 6) is -1.26. The van der Waals surface area contributed by atoms with Crippen LogP contribution in [-0.2, 0) is 6.42 Å². The zero-order valence-electron chi connectivity index (χ0n) is 8.83. The van der Waals surface area contributed by atoms with Gasteiger partial charge in [0, 0.05) is 6.20 Å². The van der Waals surface area contributed by atoms with Gasteiger partial charge in [-0.3, -0.25) is 0 Å². The molecular weight excluding hydrogens is 339 g/mol. The molecule has 2 N–H and O–H groups in total. The van der Waals surface area contributed by atoms with Crippen molar-refractivity contribution in [3.8, 4) is 5.69 Å². The number of hydrogen-bond donors (Lipinski definition) is 1. The Hall–Kier alpha value is -1.02. The van der Waals surface area contributed by atoms with Gasteiger partial charge in [-0.05, 0) is 53.3 Å². The average molecular weight is 349 g/mol. The van der Waals surface area contributed by atoms with E-state index in [1.54, 1.807) is 6.20 Å². The lowest BCUT2D eigenvalue weighted by Gasteiger charge is -2.07. The number of nitrogens with two attached hydrogens (primary N) is 1. The van der Waals surface area contributed by atoms with Gasteiger partial charge < -0.3 is 5.73 Å². The molecule has 6 heteroatoms. The van der Waals surface area contributed by atoms with E-state index in [0.717, 1.165) is 3.57 Å². The van der Waals surface area contributed by atoms with Crippen LogP contribution in [-0.4, -0.2) is 16.3 Å². The lowest BCUT2D eigenvalue weighted by atomic mass is 10.1. The van der Waals surface area contributed by atoms with Crippen molar-refractivity contribution in [3.63, 3.8) is 0 Å². The van der Waals surface area contributed by atoms with Gasteiger partial charge in [-0.2, -0.15) is 5.10 Å². The smallest absolute Gasteiger partial charge is 0.152 e. The molecule has 0 amide bonds. The van der Waals surface area contributed by atoms with E-state index in [4.69, 9.17) is 5.73 Å². The highest BCUT2D eigenvalue weighted by atomic mass is 127. The Morgan fingerprint density at radius 1 is 1.29 bits per heavy atom. The molecule has 0 saturated carbocycles. The van der Waals surface area contributed by atoms with Crippen molar-refractivity contribution in [1.82, 2.24) is 9.78 Å². The van der Waals surface area contributed by atoms with Crippen LogP contribution in [0.3, 0.4) is 0 Å². The normalized spacial score (nSPS) is 10.8. The van der Waals surface area contributed by atoms with Crippen molar-refractivity contribution in [2.75, 3.05) is 6.54 Å². The lowest BCUT2D eigenvalue weighted by molar-refractivity contribution is 0.557. The number of rotatable bonds is 3. The summed E-state index contributed by atoms with van der Waals surface area (Å²) in [6.45, 7) is 0.359. The first-order valence-corrected chi connectivity index (χ1v) is 6.08. The van der Waals surface area contributed by atoms with Crippen LogP contribution in [0.25, 0.3) is 5.69 Å². The summed E-state index contributed by atoms with van der Waals surface area (Å²) in [7, 11) is 0. The van der Waals surface area contributed by atoms with Gasteiger partial charge in [-0.1, -0.05) is 0 Å². The number of nitrogens with zero attached hydrogens (tertiary/aromatic N) is 2. The fourth-order valence-corrected chi connectivity index (χ4v) is 1.96. The SMILES string of the molecule is NCCc1cc(F)c(-n2cc(I)cn2)c(F)c1. The second-order valence-corrected chi connectivity index (χ2v) is 4.80. The Kier molecular flexibility index (Phi) is 3.72. The summed E-state index contributed by atoms with van der Waals surface area (Å²) in [5.41, 5.74) is 5.74. The molecule has 1 heterocycles. The summed E-state index contributed by atoms with van der Waals surface area (Å²) in [6.07, 6.45) is 3.54. The fourth-order valence-electron chi connectivity index (χ4n) is 1.57. The van der Waals surface area contributed by atoms with E-state index in [0.29, 0.717) is 18.5 Å². The first kappa shape index (κ1) is 12.4. The highest BCUT2D eigenvalue weighted by molar-refractivity contribution is 14.1. The second kappa shape index (κ2) is 5.09. The first-order chi connectivity index (χ1) is 8.11. The number of hydrogen-bond acceptors (Lipinski definition) is 2. The molecule has 0 bridgehead atoms. The van der Waals surface area contributed by atoms with Crippen molar-refractivity contribution in [2.45, 2.75) is 6.42 Å². The molecule has 0 unspecified atom stereocenters. The van der Waals surface area contributed by atoms with Crippen LogP contribution in [0.5, 0.6) is 0 Å². The maximum Gasteiger partial charge on any atom is 0.152 e. The maximum absolute atomic E-state index is 13.8. The number of benzene rings is 1. The second-order valence-electron chi connectivity index (χ2n) is 3.55. The van der Waals surface area contributed by atoms with Gasteiger partial charge >= 0.3 is 0 Å². The molecule has 0 atom stereocenters. The van der Waals surface area contributed by atoms with Gasteiger partial charge in [0.05, 0.1) is 9.77 Å². The van der Waals surface area contributed by atoms with Gasteiger partial charge in [0.2, 0.25) is 0 Å². The van der Waals surface area contributed by atoms with Gasteiger partial charge in [0.15, 0.2) is 11.6 Å². The maximum atomic E-state index is 13.8. The van der Waals surface area contributed by atoms with Crippen molar-refractivity contribution >= 4 is 22.6 Å². The molecule has 1 aromatic carbocycles. The molecule has 0 saturated heterocycles. The van der Waals surface area contributed by atoms with Gasteiger partial charge in [-0.15, -0.1) is 0 Å². The third-order valence-electron chi connectivity index (χ3n) is 2.29. The Bertz CT molecular complexity index is 516. The van der Waals surface area contributed by atoms with Crippen LogP contribution in [0.2, 0.25) is 0 Å². The summed E-state index contributed by atoms with van der Waals surface area (Å²) in [5, 5.41) is 3.89. The van der Waals surface area contributed by atoms with Crippen LogP contribution >= 0.6 is 22.6 Å². The van der Waals surface area contributed by atoms with Crippen LogP contribution in [0.4, 0.5) is 8.78 Å². The van der Waals surface area contributed by atoms with E-state index in [-0.39, 0.29) is 5.69 Å². The molecule has 0 spiro atoms. The summed E-state index contributed by atoms with van der Waals surface area (Å²) < 4.78 is 29.6. The first-order valence-electron chi connectivity index (χ1n) is 5.00. The highest BCUT2D eigenvalue weighted by Gasteiger charge is 2.13. The molecule has 0 fully saturated rings. The van der Waals surface area contributed by atoms with Crippen molar-refractivity contribution in [1.29, 1.82) is 0 Å². The fraction of sp³-hybridized carbons (Fsp3) is 0.182. The van der Waals surface area contributed by atoms with E-state index >= 15 is 0 Å². The largest absolute Gasteiger partial charge is 0.330 e. The molecule has 3 nitrogen and oxygen atoms in total. The van der Waals surface area contributed by atoms with E-state index < -0.39 is 11.6 Å². The van der Waals surface area contributed by atoms with E-state index in [2.05, 4.69) is 5.10 Å². The Morgan fingerprint density at radius 2 is 1.94 bits per heavy atom. The predicted molar refractivity (Wildman–Crippen MR) is 69.0 cm³/mol. The monoisotopic (exact) mass is 349 g/mol. The lowest BCUT2D eigenvalue weighted by Crippen LogP contribution is -2.07. The Labute approximate surface area is 111 Å². The average Bonchev–Trinajstić information content (AvgIpc) is 2.64. The zero-order valence-corrected chi connectivity index (χ0v) is 11.0. The minimum Gasteiger partial charge on any atom is -0.330 e.